The first kappa shape index (κ1) is 20.0. The smallest absolute Gasteiger partial charge is 0.151 e. The van der Waals surface area contributed by atoms with Gasteiger partial charge in [0.15, 0.2) is 5.82 Å². The summed E-state index contributed by atoms with van der Waals surface area (Å²) in [5.41, 5.74) is 4.13. The lowest BCUT2D eigenvalue weighted by molar-refractivity contribution is 0.146. The molecule has 0 amide bonds. The first-order chi connectivity index (χ1) is 14.9. The number of nitrogens with one attached hydrogen (secondary N) is 1. The highest BCUT2D eigenvalue weighted by molar-refractivity contribution is 5.73. The number of rotatable bonds is 5. The average Bonchev–Trinajstić information content (AvgIpc) is 3.35. The molecule has 0 saturated heterocycles. The van der Waals surface area contributed by atoms with Crippen molar-refractivity contribution >= 4 is 5.82 Å². The maximum atomic E-state index is 10.6. The van der Waals surface area contributed by atoms with Gasteiger partial charge in [-0.05, 0) is 79.7 Å². The highest BCUT2D eigenvalue weighted by Gasteiger charge is 2.50. The molecule has 31 heavy (non-hydrogen) atoms. The van der Waals surface area contributed by atoms with Gasteiger partial charge in [-0.15, -0.1) is 10.2 Å². The van der Waals surface area contributed by atoms with Crippen LogP contribution in [0.3, 0.4) is 0 Å². The van der Waals surface area contributed by atoms with Crippen molar-refractivity contribution in [2.75, 3.05) is 11.4 Å². The standard InChI is InChI=1S/C25H31N5O/c1-4-30(19-12-24(2)9-10-25(3,13-19)16-24)23-8-7-21(28-29-23)20-6-5-17(11-22(20)31)18-14-26-27-15-18/h5-8,11,14-15,19,31H,4,9-10,12-13,16H2,1-3H3,(H,26,27)/t19-,24-,25+. The number of aromatic nitrogens is 4. The van der Waals surface area contributed by atoms with Crippen LogP contribution in [0.1, 0.15) is 52.9 Å². The van der Waals surface area contributed by atoms with Crippen LogP contribution in [0.5, 0.6) is 5.75 Å². The molecule has 6 heteroatoms. The van der Waals surface area contributed by atoms with Crippen molar-refractivity contribution in [3.8, 4) is 28.1 Å². The molecule has 6 nitrogen and oxygen atoms in total. The predicted molar refractivity (Wildman–Crippen MR) is 123 cm³/mol. The van der Waals surface area contributed by atoms with E-state index in [2.05, 4.69) is 52.1 Å². The summed E-state index contributed by atoms with van der Waals surface area (Å²) in [6, 6.07) is 10.1. The number of aromatic amines is 1. The van der Waals surface area contributed by atoms with Crippen molar-refractivity contribution < 1.29 is 5.11 Å². The third kappa shape index (κ3) is 3.68. The summed E-state index contributed by atoms with van der Waals surface area (Å²) in [5, 5.41) is 26.4. The first-order valence-electron chi connectivity index (χ1n) is 11.3. The minimum atomic E-state index is 0.192. The molecule has 3 aromatic rings. The quantitative estimate of drug-likeness (QED) is 0.579. The SMILES string of the molecule is CCN(c1ccc(-c2ccc(-c3cn[nH]c3)cc2O)nn1)[C@H]1C[C@]2(C)CC[C@](C)(C1)C2. The van der Waals surface area contributed by atoms with Crippen LogP contribution in [0.2, 0.25) is 0 Å². The van der Waals surface area contributed by atoms with Gasteiger partial charge in [-0.1, -0.05) is 19.9 Å². The highest BCUT2D eigenvalue weighted by atomic mass is 16.3. The van der Waals surface area contributed by atoms with Crippen molar-refractivity contribution in [3.63, 3.8) is 0 Å². The van der Waals surface area contributed by atoms with Crippen molar-refractivity contribution in [1.82, 2.24) is 20.4 Å². The molecule has 162 valence electrons. The molecule has 0 spiro atoms. The molecule has 1 aromatic carbocycles. The molecule has 3 atom stereocenters. The average molecular weight is 418 g/mol. The summed E-state index contributed by atoms with van der Waals surface area (Å²) in [4.78, 5) is 2.43. The largest absolute Gasteiger partial charge is 0.507 e. The van der Waals surface area contributed by atoms with Gasteiger partial charge in [-0.2, -0.15) is 5.10 Å². The maximum Gasteiger partial charge on any atom is 0.151 e. The fraction of sp³-hybridized carbons (Fsp3) is 0.480. The van der Waals surface area contributed by atoms with E-state index in [4.69, 9.17) is 0 Å². The molecule has 2 bridgehead atoms. The normalized spacial score (nSPS) is 27.4. The van der Waals surface area contributed by atoms with Crippen LogP contribution in [-0.2, 0) is 0 Å². The van der Waals surface area contributed by atoms with Crippen LogP contribution >= 0.6 is 0 Å². The zero-order chi connectivity index (χ0) is 21.6. The molecule has 0 radical (unpaired) electrons. The molecular formula is C25H31N5O. The third-order valence-electron chi connectivity index (χ3n) is 7.47. The zero-order valence-corrected chi connectivity index (χ0v) is 18.6. The van der Waals surface area contributed by atoms with Crippen LogP contribution in [0.15, 0.2) is 42.7 Å². The van der Waals surface area contributed by atoms with Gasteiger partial charge in [0.2, 0.25) is 0 Å². The summed E-state index contributed by atoms with van der Waals surface area (Å²) in [6.07, 6.45) is 10.0. The number of hydrogen-bond acceptors (Lipinski definition) is 5. The van der Waals surface area contributed by atoms with Crippen molar-refractivity contribution in [1.29, 1.82) is 0 Å². The van der Waals surface area contributed by atoms with Crippen LogP contribution in [0.25, 0.3) is 22.4 Å². The van der Waals surface area contributed by atoms with Gasteiger partial charge in [-0.25, -0.2) is 0 Å². The molecule has 2 aliphatic rings. The lowest BCUT2D eigenvalue weighted by Gasteiger charge is -2.45. The molecule has 2 aromatic heterocycles. The molecule has 0 unspecified atom stereocenters. The van der Waals surface area contributed by atoms with Gasteiger partial charge in [0.25, 0.3) is 0 Å². The second-order valence-electron chi connectivity index (χ2n) is 10.1. The Bertz CT molecular complexity index is 1050. The summed E-state index contributed by atoms with van der Waals surface area (Å²) < 4.78 is 0. The Morgan fingerprint density at radius 1 is 1.06 bits per heavy atom. The van der Waals surface area contributed by atoms with Crippen LogP contribution in [0.4, 0.5) is 5.82 Å². The molecule has 2 N–H and O–H groups in total. The molecule has 0 aliphatic heterocycles. The Balaban J connectivity index is 1.38. The van der Waals surface area contributed by atoms with Gasteiger partial charge in [0.05, 0.1) is 11.9 Å². The van der Waals surface area contributed by atoms with E-state index in [0.717, 1.165) is 23.5 Å². The van der Waals surface area contributed by atoms with E-state index in [9.17, 15) is 5.11 Å². The Kier molecular flexibility index (Phi) is 4.76. The van der Waals surface area contributed by atoms with Gasteiger partial charge in [0, 0.05) is 29.9 Å². The number of H-pyrrole nitrogens is 1. The zero-order valence-electron chi connectivity index (χ0n) is 18.6. The van der Waals surface area contributed by atoms with Crippen molar-refractivity contribution in [3.05, 3.63) is 42.7 Å². The summed E-state index contributed by atoms with van der Waals surface area (Å²) in [5.74, 6) is 1.12. The van der Waals surface area contributed by atoms with Gasteiger partial charge >= 0.3 is 0 Å². The molecule has 2 aliphatic carbocycles. The van der Waals surface area contributed by atoms with Gasteiger partial charge in [0.1, 0.15) is 5.75 Å². The Morgan fingerprint density at radius 2 is 1.84 bits per heavy atom. The Labute approximate surface area is 183 Å². The van der Waals surface area contributed by atoms with E-state index in [-0.39, 0.29) is 5.75 Å². The van der Waals surface area contributed by atoms with E-state index >= 15 is 0 Å². The maximum absolute atomic E-state index is 10.6. The second kappa shape index (κ2) is 7.36. The molecular weight excluding hydrogens is 386 g/mol. The van der Waals surface area contributed by atoms with E-state index in [0.29, 0.717) is 28.1 Å². The summed E-state index contributed by atoms with van der Waals surface area (Å²) in [6.45, 7) is 8.05. The Hall–Kier alpha value is -2.89. The third-order valence-corrected chi connectivity index (χ3v) is 7.47. The number of anilines is 1. The monoisotopic (exact) mass is 417 g/mol. The number of phenols is 1. The number of nitrogens with zero attached hydrogens (tertiary/aromatic N) is 4. The lowest BCUT2D eigenvalue weighted by Crippen LogP contribution is -2.44. The van der Waals surface area contributed by atoms with E-state index < -0.39 is 0 Å². The highest BCUT2D eigenvalue weighted by Crippen LogP contribution is 2.59. The first-order valence-corrected chi connectivity index (χ1v) is 11.3. The van der Waals surface area contributed by atoms with Crippen molar-refractivity contribution in [2.24, 2.45) is 10.8 Å². The van der Waals surface area contributed by atoms with Crippen LogP contribution < -0.4 is 4.90 Å². The van der Waals surface area contributed by atoms with E-state index in [1.807, 2.05) is 18.2 Å². The minimum absolute atomic E-state index is 0.192. The van der Waals surface area contributed by atoms with Crippen LogP contribution in [0, 0.1) is 10.8 Å². The van der Waals surface area contributed by atoms with E-state index in [1.54, 1.807) is 18.5 Å². The molecule has 2 saturated carbocycles. The topological polar surface area (TPSA) is 77.9 Å². The molecule has 2 fully saturated rings. The molecule has 5 rings (SSSR count). The Morgan fingerprint density at radius 3 is 2.42 bits per heavy atom. The summed E-state index contributed by atoms with van der Waals surface area (Å²) >= 11 is 0. The van der Waals surface area contributed by atoms with Crippen LogP contribution in [-0.4, -0.2) is 38.1 Å². The van der Waals surface area contributed by atoms with Gasteiger partial charge < -0.3 is 10.0 Å². The number of fused-ring (bicyclic) bond motifs is 2. The number of phenolic OH excluding ortho intramolecular Hbond substituents is 1. The lowest BCUT2D eigenvalue weighted by atomic mass is 9.68. The predicted octanol–water partition coefficient (Wildman–Crippen LogP) is 5.42. The fourth-order valence-electron chi connectivity index (χ4n) is 6.16. The molecule has 2 heterocycles. The number of hydrogen-bond donors (Lipinski definition) is 2. The van der Waals surface area contributed by atoms with E-state index in [1.165, 1.54) is 32.1 Å². The fourth-order valence-corrected chi connectivity index (χ4v) is 6.16. The van der Waals surface area contributed by atoms with Crippen molar-refractivity contribution in [2.45, 2.75) is 58.9 Å². The van der Waals surface area contributed by atoms with Gasteiger partial charge in [-0.3, -0.25) is 5.10 Å². The second-order valence-corrected chi connectivity index (χ2v) is 10.1. The number of benzene rings is 1. The summed E-state index contributed by atoms with van der Waals surface area (Å²) in [7, 11) is 0. The minimum Gasteiger partial charge on any atom is -0.507 e. The number of aromatic hydroxyl groups is 1.